The summed E-state index contributed by atoms with van der Waals surface area (Å²) < 4.78 is 0.747. The molecular weight excluding hydrogens is 327 g/mol. The van der Waals surface area contributed by atoms with Gasteiger partial charge in [-0.2, -0.15) is 0 Å². The van der Waals surface area contributed by atoms with Gasteiger partial charge in [-0.1, -0.05) is 46.1 Å². The van der Waals surface area contributed by atoms with Gasteiger partial charge in [0.1, 0.15) is 0 Å². The molecule has 0 aliphatic rings. The van der Waals surface area contributed by atoms with Crippen LogP contribution in [0.1, 0.15) is 20.3 Å². The smallest absolute Gasteiger partial charge is 0.244 e. The minimum Gasteiger partial charge on any atom is -0.322 e. The van der Waals surface area contributed by atoms with Crippen molar-refractivity contribution in [2.24, 2.45) is 5.73 Å². The van der Waals surface area contributed by atoms with Crippen molar-refractivity contribution in [2.75, 3.05) is 5.32 Å². The summed E-state index contributed by atoms with van der Waals surface area (Å²) >= 11 is 15.3. The summed E-state index contributed by atoms with van der Waals surface area (Å²) in [5, 5.41) is 3.38. The first-order valence-corrected chi connectivity index (χ1v) is 6.57. The van der Waals surface area contributed by atoms with Gasteiger partial charge in [0.25, 0.3) is 0 Å². The second-order valence-electron chi connectivity index (χ2n) is 3.97. The van der Waals surface area contributed by atoms with Gasteiger partial charge in [0.15, 0.2) is 0 Å². The Morgan fingerprint density at radius 2 is 1.94 bits per heavy atom. The summed E-state index contributed by atoms with van der Waals surface area (Å²) in [5.41, 5.74) is 5.27. The highest BCUT2D eigenvalue weighted by Gasteiger charge is 2.27. The van der Waals surface area contributed by atoms with Crippen molar-refractivity contribution < 1.29 is 4.79 Å². The molecule has 94 valence electrons. The third-order valence-electron chi connectivity index (χ3n) is 2.50. The number of amides is 1. The summed E-state index contributed by atoms with van der Waals surface area (Å²) in [5.74, 6) is -0.314. The van der Waals surface area contributed by atoms with Crippen molar-refractivity contribution in [2.45, 2.75) is 25.8 Å². The van der Waals surface area contributed by atoms with Gasteiger partial charge in [-0.3, -0.25) is 4.79 Å². The molecule has 3 nitrogen and oxygen atoms in total. The Labute approximate surface area is 119 Å². The number of benzene rings is 1. The number of nitrogens with one attached hydrogen (secondary N) is 1. The van der Waals surface area contributed by atoms with Gasteiger partial charge in [0.05, 0.1) is 21.3 Å². The fraction of sp³-hybridized carbons (Fsp3) is 0.364. The molecular formula is C11H13BrCl2N2O. The molecule has 0 spiro atoms. The highest BCUT2D eigenvalue weighted by molar-refractivity contribution is 9.10. The molecule has 1 aromatic carbocycles. The summed E-state index contributed by atoms with van der Waals surface area (Å²) in [4.78, 5) is 11.9. The van der Waals surface area contributed by atoms with E-state index >= 15 is 0 Å². The van der Waals surface area contributed by atoms with Crippen LogP contribution in [0.15, 0.2) is 16.6 Å². The maximum Gasteiger partial charge on any atom is 0.244 e. The fourth-order valence-corrected chi connectivity index (χ4v) is 2.38. The van der Waals surface area contributed by atoms with E-state index in [-0.39, 0.29) is 5.91 Å². The maximum atomic E-state index is 11.9. The molecule has 1 aromatic rings. The summed E-state index contributed by atoms with van der Waals surface area (Å²) in [6.07, 6.45) is 0.518. The number of hydrogen-bond donors (Lipinski definition) is 2. The van der Waals surface area contributed by atoms with Gasteiger partial charge in [-0.05, 0) is 25.5 Å². The number of nitrogens with two attached hydrogens (primary N) is 1. The van der Waals surface area contributed by atoms with Crippen molar-refractivity contribution in [1.82, 2.24) is 0 Å². The average Bonchev–Trinajstić information content (AvgIpc) is 2.22. The number of rotatable bonds is 3. The molecule has 17 heavy (non-hydrogen) atoms. The van der Waals surface area contributed by atoms with Gasteiger partial charge in [0.2, 0.25) is 5.91 Å². The number of carbonyl (C=O) groups is 1. The summed E-state index contributed by atoms with van der Waals surface area (Å²) in [6.45, 7) is 3.49. The van der Waals surface area contributed by atoms with Gasteiger partial charge in [-0.15, -0.1) is 0 Å². The van der Waals surface area contributed by atoms with E-state index in [0.717, 1.165) is 4.47 Å². The van der Waals surface area contributed by atoms with Gasteiger partial charge in [-0.25, -0.2) is 0 Å². The Bertz CT molecular complexity index is 426. The zero-order valence-corrected chi connectivity index (χ0v) is 12.6. The zero-order valence-electron chi connectivity index (χ0n) is 9.48. The molecule has 1 amide bonds. The van der Waals surface area contributed by atoms with Crippen molar-refractivity contribution in [3.05, 3.63) is 26.7 Å². The lowest BCUT2D eigenvalue weighted by Gasteiger charge is -2.22. The highest BCUT2D eigenvalue weighted by atomic mass is 79.9. The predicted molar refractivity (Wildman–Crippen MR) is 75.7 cm³/mol. The molecule has 3 N–H and O–H groups in total. The zero-order chi connectivity index (χ0) is 13.2. The topological polar surface area (TPSA) is 55.1 Å². The Balaban J connectivity index is 3.01. The Hall–Kier alpha value is -0.290. The molecule has 0 saturated heterocycles. The van der Waals surface area contributed by atoms with Crippen molar-refractivity contribution in [1.29, 1.82) is 0 Å². The average molecular weight is 340 g/mol. The van der Waals surface area contributed by atoms with Crippen LogP contribution < -0.4 is 11.1 Å². The van der Waals surface area contributed by atoms with Crippen LogP contribution in [0.25, 0.3) is 0 Å². The third kappa shape index (κ3) is 3.58. The maximum absolute atomic E-state index is 11.9. The van der Waals surface area contributed by atoms with Crippen LogP contribution >= 0.6 is 39.1 Å². The predicted octanol–water partition coefficient (Wildman–Crippen LogP) is 3.82. The monoisotopic (exact) mass is 338 g/mol. The fourth-order valence-electron chi connectivity index (χ4n) is 1.08. The standard InChI is InChI=1S/C11H13BrCl2N2O/c1-3-11(2,15)10(17)16-9-7(13)4-6(12)5-8(9)14/h4-5H,3,15H2,1-2H3,(H,16,17). The molecule has 0 aliphatic carbocycles. The lowest BCUT2D eigenvalue weighted by atomic mass is 9.99. The van der Waals surface area contributed by atoms with E-state index in [2.05, 4.69) is 21.2 Å². The number of halogens is 3. The number of anilines is 1. The van der Waals surface area contributed by atoms with Crippen LogP contribution in [0.3, 0.4) is 0 Å². The van der Waals surface area contributed by atoms with Crippen LogP contribution in [0, 0.1) is 0 Å². The molecule has 0 radical (unpaired) electrons. The largest absolute Gasteiger partial charge is 0.322 e. The molecule has 1 unspecified atom stereocenters. The summed E-state index contributed by atoms with van der Waals surface area (Å²) in [6, 6.07) is 3.31. The molecule has 0 fully saturated rings. The molecule has 6 heteroatoms. The van der Waals surface area contributed by atoms with E-state index < -0.39 is 5.54 Å². The Morgan fingerprint density at radius 3 is 2.35 bits per heavy atom. The first-order valence-electron chi connectivity index (χ1n) is 5.03. The lowest BCUT2D eigenvalue weighted by Crippen LogP contribution is -2.47. The van der Waals surface area contributed by atoms with Crippen molar-refractivity contribution in [3.63, 3.8) is 0 Å². The normalized spacial score (nSPS) is 14.2. The molecule has 0 bridgehead atoms. The molecule has 0 aliphatic heterocycles. The SMILES string of the molecule is CCC(C)(N)C(=O)Nc1c(Cl)cc(Br)cc1Cl. The van der Waals surface area contributed by atoms with E-state index in [9.17, 15) is 4.79 Å². The highest BCUT2D eigenvalue weighted by Crippen LogP contribution is 2.34. The molecule has 1 rings (SSSR count). The van der Waals surface area contributed by atoms with E-state index in [1.165, 1.54) is 0 Å². The van der Waals surface area contributed by atoms with Gasteiger partial charge in [0, 0.05) is 4.47 Å². The second-order valence-corrected chi connectivity index (χ2v) is 5.70. The van der Waals surface area contributed by atoms with Crippen LogP contribution in [0.4, 0.5) is 5.69 Å². The van der Waals surface area contributed by atoms with Crippen LogP contribution in [0.5, 0.6) is 0 Å². The van der Waals surface area contributed by atoms with Crippen LogP contribution in [-0.4, -0.2) is 11.4 Å². The van der Waals surface area contributed by atoms with Crippen LogP contribution in [-0.2, 0) is 4.79 Å². The first kappa shape index (κ1) is 14.8. The molecule has 0 saturated carbocycles. The minimum atomic E-state index is -0.945. The van der Waals surface area contributed by atoms with Crippen molar-refractivity contribution in [3.8, 4) is 0 Å². The van der Waals surface area contributed by atoms with E-state index in [1.54, 1.807) is 19.1 Å². The minimum absolute atomic E-state index is 0.314. The first-order chi connectivity index (χ1) is 7.77. The lowest BCUT2D eigenvalue weighted by molar-refractivity contribution is -0.120. The number of hydrogen-bond acceptors (Lipinski definition) is 2. The number of carbonyl (C=O) groups excluding carboxylic acids is 1. The quantitative estimate of drug-likeness (QED) is 0.879. The summed E-state index contributed by atoms with van der Waals surface area (Å²) in [7, 11) is 0. The van der Waals surface area contributed by atoms with Crippen molar-refractivity contribution >= 4 is 50.7 Å². The second kappa shape index (κ2) is 5.57. The van der Waals surface area contributed by atoms with E-state index in [4.69, 9.17) is 28.9 Å². The van der Waals surface area contributed by atoms with Gasteiger partial charge < -0.3 is 11.1 Å². The van der Waals surface area contributed by atoms with E-state index in [0.29, 0.717) is 22.2 Å². The Kier molecular flexibility index (Phi) is 4.84. The molecule has 0 heterocycles. The third-order valence-corrected chi connectivity index (χ3v) is 3.55. The molecule has 1 atom stereocenters. The van der Waals surface area contributed by atoms with E-state index in [1.807, 2.05) is 6.92 Å². The van der Waals surface area contributed by atoms with Gasteiger partial charge >= 0.3 is 0 Å². The van der Waals surface area contributed by atoms with Crippen LogP contribution in [0.2, 0.25) is 10.0 Å². The Morgan fingerprint density at radius 1 is 1.47 bits per heavy atom. The molecule has 0 aromatic heterocycles.